The third-order valence-corrected chi connectivity index (χ3v) is 6.19. The van der Waals surface area contributed by atoms with Crippen molar-refractivity contribution in [2.24, 2.45) is 5.92 Å². The predicted molar refractivity (Wildman–Crippen MR) is 109 cm³/mol. The molecule has 2 aliphatic heterocycles. The fourth-order valence-corrected chi connectivity index (χ4v) is 4.31. The van der Waals surface area contributed by atoms with E-state index in [-0.39, 0.29) is 30.4 Å². The number of anilines is 1. The molecule has 2 amide bonds. The molecule has 0 unspecified atom stereocenters. The molecule has 184 valence electrons. The zero-order valence-electron chi connectivity index (χ0n) is 18.0. The number of rotatable bonds is 5. The summed E-state index contributed by atoms with van der Waals surface area (Å²) in [5.41, 5.74) is -3.49. The molecule has 1 aromatic rings. The Kier molecular flexibility index (Phi) is 7.92. The summed E-state index contributed by atoms with van der Waals surface area (Å²) >= 11 is 0. The zero-order chi connectivity index (χ0) is 24.2. The van der Waals surface area contributed by atoms with Gasteiger partial charge in [0.05, 0.1) is 17.2 Å². The minimum atomic E-state index is -4.97. The Balaban J connectivity index is 1.50. The van der Waals surface area contributed by atoms with Crippen molar-refractivity contribution in [1.29, 1.82) is 0 Å². The standard InChI is InChI=1S/C22H27F6N3O2/c23-21(24,25)15-11-16(22(26,27)28)13-17(12-15)30-19(32)5-4-14-6-9-31(10-7-14)20(33)18-3-1-2-8-29-18/h11-14,18,29H,1-10H2,(H,30,32)/t18-/m1/s1. The smallest absolute Gasteiger partial charge is 0.341 e. The topological polar surface area (TPSA) is 61.4 Å². The molecule has 11 heteroatoms. The first kappa shape index (κ1) is 25.3. The van der Waals surface area contributed by atoms with Gasteiger partial charge >= 0.3 is 12.4 Å². The Labute approximate surface area is 187 Å². The number of carbonyl (C=O) groups excluding carboxylic acids is 2. The number of piperidine rings is 2. The van der Waals surface area contributed by atoms with E-state index in [0.29, 0.717) is 44.5 Å². The highest BCUT2D eigenvalue weighted by atomic mass is 19.4. The maximum Gasteiger partial charge on any atom is 0.416 e. The van der Waals surface area contributed by atoms with E-state index in [1.165, 1.54) is 0 Å². The van der Waals surface area contributed by atoms with Crippen LogP contribution >= 0.6 is 0 Å². The number of halogens is 6. The average Bonchev–Trinajstić information content (AvgIpc) is 2.77. The van der Waals surface area contributed by atoms with Crippen LogP contribution < -0.4 is 10.6 Å². The van der Waals surface area contributed by atoms with Gasteiger partial charge in [0.15, 0.2) is 0 Å². The number of amides is 2. The van der Waals surface area contributed by atoms with Crippen LogP contribution in [-0.4, -0.2) is 42.4 Å². The van der Waals surface area contributed by atoms with Gasteiger partial charge in [-0.15, -0.1) is 0 Å². The SMILES string of the molecule is O=C(CCC1CCN(C(=O)[C@H]2CCCCN2)CC1)Nc1cc(C(F)(F)F)cc(C(F)(F)F)c1. The van der Waals surface area contributed by atoms with E-state index in [1.807, 2.05) is 4.90 Å². The van der Waals surface area contributed by atoms with Crippen LogP contribution in [-0.2, 0) is 21.9 Å². The van der Waals surface area contributed by atoms with E-state index in [9.17, 15) is 35.9 Å². The monoisotopic (exact) mass is 479 g/mol. The number of hydrogen-bond acceptors (Lipinski definition) is 3. The zero-order valence-corrected chi connectivity index (χ0v) is 18.0. The first-order chi connectivity index (χ1) is 15.4. The highest BCUT2D eigenvalue weighted by molar-refractivity contribution is 5.91. The molecule has 5 nitrogen and oxygen atoms in total. The molecule has 0 aromatic heterocycles. The van der Waals surface area contributed by atoms with Crippen molar-refractivity contribution >= 4 is 17.5 Å². The van der Waals surface area contributed by atoms with Gasteiger partial charge < -0.3 is 15.5 Å². The molecule has 2 heterocycles. The summed E-state index contributed by atoms with van der Waals surface area (Å²) in [6.45, 7) is 1.98. The molecule has 0 saturated carbocycles. The molecule has 2 aliphatic rings. The number of nitrogens with one attached hydrogen (secondary N) is 2. The van der Waals surface area contributed by atoms with Crippen molar-refractivity contribution in [2.45, 2.75) is 63.3 Å². The van der Waals surface area contributed by atoms with E-state index < -0.39 is 35.1 Å². The molecule has 33 heavy (non-hydrogen) atoms. The van der Waals surface area contributed by atoms with Crippen LogP contribution in [0.25, 0.3) is 0 Å². The van der Waals surface area contributed by atoms with Crippen molar-refractivity contribution in [2.75, 3.05) is 25.0 Å². The van der Waals surface area contributed by atoms with Crippen LogP contribution in [0.4, 0.5) is 32.0 Å². The number of likely N-dealkylation sites (tertiary alicyclic amines) is 1. The van der Waals surface area contributed by atoms with Gasteiger partial charge in [-0.25, -0.2) is 0 Å². The van der Waals surface area contributed by atoms with Crippen LogP contribution in [0, 0.1) is 5.92 Å². The maximum atomic E-state index is 13.0. The van der Waals surface area contributed by atoms with Crippen LogP contribution in [0.3, 0.4) is 0 Å². The minimum absolute atomic E-state index is 0.0214. The second-order valence-electron chi connectivity index (χ2n) is 8.65. The Bertz CT molecular complexity index is 809. The van der Waals surface area contributed by atoms with E-state index >= 15 is 0 Å². The number of alkyl halides is 6. The van der Waals surface area contributed by atoms with Gasteiger partial charge in [0.2, 0.25) is 11.8 Å². The minimum Gasteiger partial charge on any atom is -0.341 e. The average molecular weight is 479 g/mol. The highest BCUT2D eigenvalue weighted by Crippen LogP contribution is 2.37. The molecule has 3 rings (SSSR count). The van der Waals surface area contributed by atoms with Crippen molar-refractivity contribution in [3.8, 4) is 0 Å². The summed E-state index contributed by atoms with van der Waals surface area (Å²) in [5.74, 6) is -0.394. The Morgan fingerprint density at radius 3 is 2.06 bits per heavy atom. The third kappa shape index (κ3) is 7.09. The lowest BCUT2D eigenvalue weighted by Gasteiger charge is -2.35. The van der Waals surface area contributed by atoms with Gasteiger partial charge in [-0.1, -0.05) is 6.42 Å². The van der Waals surface area contributed by atoms with Crippen molar-refractivity contribution in [3.05, 3.63) is 29.3 Å². The summed E-state index contributed by atoms with van der Waals surface area (Å²) in [6.07, 6.45) is -5.22. The van der Waals surface area contributed by atoms with E-state index in [4.69, 9.17) is 0 Å². The lowest BCUT2D eigenvalue weighted by molar-refractivity contribution is -0.143. The summed E-state index contributed by atoms with van der Waals surface area (Å²) in [4.78, 5) is 26.6. The first-order valence-corrected chi connectivity index (χ1v) is 11.0. The van der Waals surface area contributed by atoms with Gasteiger partial charge in [0, 0.05) is 25.2 Å². The van der Waals surface area contributed by atoms with Crippen LogP contribution in [0.15, 0.2) is 18.2 Å². The van der Waals surface area contributed by atoms with Gasteiger partial charge in [0.25, 0.3) is 0 Å². The van der Waals surface area contributed by atoms with Gasteiger partial charge in [-0.3, -0.25) is 9.59 Å². The van der Waals surface area contributed by atoms with Crippen molar-refractivity contribution < 1.29 is 35.9 Å². The van der Waals surface area contributed by atoms with E-state index in [0.717, 1.165) is 25.8 Å². The molecule has 1 aromatic carbocycles. The van der Waals surface area contributed by atoms with Crippen LogP contribution in [0.2, 0.25) is 0 Å². The van der Waals surface area contributed by atoms with Crippen LogP contribution in [0.5, 0.6) is 0 Å². The Morgan fingerprint density at radius 1 is 0.939 bits per heavy atom. The van der Waals surface area contributed by atoms with Gasteiger partial charge in [-0.2, -0.15) is 26.3 Å². The Hall–Kier alpha value is -2.30. The third-order valence-electron chi connectivity index (χ3n) is 6.19. The number of carbonyl (C=O) groups is 2. The fraction of sp³-hybridized carbons (Fsp3) is 0.636. The Morgan fingerprint density at radius 2 is 1.55 bits per heavy atom. The number of nitrogens with zero attached hydrogens (tertiary/aromatic N) is 1. The van der Waals surface area contributed by atoms with E-state index in [1.54, 1.807) is 0 Å². The lowest BCUT2D eigenvalue weighted by atomic mass is 9.91. The molecule has 2 saturated heterocycles. The predicted octanol–water partition coefficient (Wildman–Crippen LogP) is 4.82. The molecule has 2 fully saturated rings. The molecule has 0 aliphatic carbocycles. The van der Waals surface area contributed by atoms with Crippen LogP contribution in [0.1, 0.15) is 56.1 Å². The fourth-order valence-electron chi connectivity index (χ4n) is 4.31. The van der Waals surface area contributed by atoms with Crippen molar-refractivity contribution in [1.82, 2.24) is 10.2 Å². The van der Waals surface area contributed by atoms with E-state index in [2.05, 4.69) is 10.6 Å². The first-order valence-electron chi connectivity index (χ1n) is 11.0. The van der Waals surface area contributed by atoms with Crippen molar-refractivity contribution in [3.63, 3.8) is 0 Å². The molecule has 2 N–H and O–H groups in total. The summed E-state index contributed by atoms with van der Waals surface area (Å²) in [6, 6.07) is 0.871. The van der Waals surface area contributed by atoms with Gasteiger partial charge in [0.1, 0.15) is 0 Å². The second-order valence-corrected chi connectivity index (χ2v) is 8.65. The summed E-state index contributed by atoms with van der Waals surface area (Å²) in [7, 11) is 0. The molecule has 0 bridgehead atoms. The quantitative estimate of drug-likeness (QED) is 0.596. The molecular formula is C22H27F6N3O2. The largest absolute Gasteiger partial charge is 0.416 e. The number of benzene rings is 1. The second kappa shape index (κ2) is 10.3. The normalized spacial score (nSPS) is 20.5. The maximum absolute atomic E-state index is 13.0. The lowest BCUT2D eigenvalue weighted by Crippen LogP contribution is -2.50. The highest BCUT2D eigenvalue weighted by Gasteiger charge is 2.37. The molecule has 1 atom stereocenters. The van der Waals surface area contributed by atoms with Gasteiger partial charge in [-0.05, 0) is 62.8 Å². The molecule has 0 spiro atoms. The molecule has 0 radical (unpaired) electrons. The molecular weight excluding hydrogens is 452 g/mol. The summed E-state index contributed by atoms with van der Waals surface area (Å²) in [5, 5.41) is 5.40. The summed E-state index contributed by atoms with van der Waals surface area (Å²) < 4.78 is 77.8. The number of hydrogen-bond donors (Lipinski definition) is 2.